The van der Waals surface area contributed by atoms with Crippen LogP contribution in [-0.4, -0.2) is 63.8 Å². The third kappa shape index (κ3) is 4.53. The van der Waals surface area contributed by atoms with E-state index in [-0.39, 0.29) is 36.3 Å². The monoisotopic (exact) mass is 528 g/mol. The minimum atomic E-state index is -4.44. The number of halogens is 3. The molecule has 1 aliphatic carbocycles. The third-order valence-electron chi connectivity index (χ3n) is 8.13. The Morgan fingerprint density at radius 3 is 2.55 bits per heavy atom. The van der Waals surface area contributed by atoms with E-state index in [1.165, 1.54) is 17.2 Å². The van der Waals surface area contributed by atoms with Gasteiger partial charge in [-0.2, -0.15) is 13.2 Å². The van der Waals surface area contributed by atoms with E-state index < -0.39 is 23.8 Å². The largest absolute Gasteiger partial charge is 0.489 e. The van der Waals surface area contributed by atoms with Crippen LogP contribution in [0.2, 0.25) is 0 Å². The Balaban J connectivity index is 1.08. The fourth-order valence-corrected chi connectivity index (χ4v) is 6.07. The van der Waals surface area contributed by atoms with Crippen LogP contribution in [0.25, 0.3) is 0 Å². The highest BCUT2D eigenvalue weighted by atomic mass is 19.4. The van der Waals surface area contributed by atoms with Crippen LogP contribution in [0.15, 0.2) is 36.5 Å². The number of piperidine rings is 1. The van der Waals surface area contributed by atoms with Gasteiger partial charge in [-0.1, -0.05) is 6.07 Å². The first-order valence-corrected chi connectivity index (χ1v) is 12.9. The molecule has 38 heavy (non-hydrogen) atoms. The summed E-state index contributed by atoms with van der Waals surface area (Å²) in [6.07, 6.45) is 0.289. The molecule has 3 atom stereocenters. The highest BCUT2D eigenvalue weighted by molar-refractivity contribution is 6.05. The Bertz CT molecular complexity index is 1280. The van der Waals surface area contributed by atoms with Crippen molar-refractivity contribution in [3.63, 3.8) is 0 Å². The maximum Gasteiger partial charge on any atom is 0.433 e. The van der Waals surface area contributed by atoms with Crippen LogP contribution in [0.3, 0.4) is 0 Å². The van der Waals surface area contributed by atoms with Crippen LogP contribution < -0.4 is 10.1 Å². The molecule has 3 aliphatic heterocycles. The van der Waals surface area contributed by atoms with Gasteiger partial charge in [0.15, 0.2) is 0 Å². The number of alkyl halides is 3. The van der Waals surface area contributed by atoms with E-state index in [1.807, 2.05) is 6.07 Å². The lowest BCUT2D eigenvalue weighted by Gasteiger charge is -2.45. The van der Waals surface area contributed by atoms with Gasteiger partial charge in [-0.3, -0.25) is 29.6 Å². The van der Waals surface area contributed by atoms with Crippen molar-refractivity contribution in [2.75, 3.05) is 13.1 Å². The molecule has 3 amide bonds. The minimum absolute atomic E-state index is 0.0249. The quantitative estimate of drug-likeness (QED) is 0.600. The summed E-state index contributed by atoms with van der Waals surface area (Å²) < 4.78 is 44.8. The molecule has 3 fully saturated rings. The Morgan fingerprint density at radius 1 is 1.03 bits per heavy atom. The zero-order valence-corrected chi connectivity index (χ0v) is 20.5. The Morgan fingerprint density at radius 2 is 1.84 bits per heavy atom. The second kappa shape index (κ2) is 9.37. The maximum absolute atomic E-state index is 12.9. The van der Waals surface area contributed by atoms with Crippen molar-refractivity contribution in [2.45, 2.75) is 68.9 Å². The number of carbonyl (C=O) groups is 3. The molecule has 2 saturated heterocycles. The summed E-state index contributed by atoms with van der Waals surface area (Å²) in [6, 6.07) is 7.50. The molecule has 1 aromatic carbocycles. The van der Waals surface area contributed by atoms with Crippen LogP contribution in [0.4, 0.5) is 13.2 Å². The summed E-state index contributed by atoms with van der Waals surface area (Å²) in [5.41, 5.74) is 1.28. The highest BCUT2D eigenvalue weighted by Crippen LogP contribution is 2.38. The normalized spacial score (nSPS) is 26.3. The predicted molar refractivity (Wildman–Crippen MR) is 128 cm³/mol. The number of fused-ring (bicyclic) bond motifs is 1. The van der Waals surface area contributed by atoms with Gasteiger partial charge < -0.3 is 9.64 Å². The third-order valence-corrected chi connectivity index (χ3v) is 8.13. The SMILES string of the molecule is O=C1CCC(N2Cc3cc(O[C@@H]4CCC[C@H]4N4CC(c5ccc(C(F)(F)F)nc5)C4)ccc3C2=O)C(=O)N1. The standard InChI is InChI=1S/C27H27F3N4O4/c28-27(29,30)23-8-4-15(11-31-23)17-12-33(13-17)20-2-1-3-22(20)38-18-5-6-19-16(10-18)14-34(26(19)37)21-7-9-24(35)32-25(21)36/h4-6,8,10-11,17,20-22H,1-3,7,9,12-14H2,(H,32,35,36)/t20-,21?,22-/m1/s1. The molecule has 1 aromatic heterocycles. The highest BCUT2D eigenvalue weighted by Gasteiger charge is 2.42. The Kier molecular flexibility index (Phi) is 6.13. The van der Waals surface area contributed by atoms with E-state index in [2.05, 4.69) is 15.2 Å². The van der Waals surface area contributed by atoms with Gasteiger partial charge in [0.1, 0.15) is 23.6 Å². The van der Waals surface area contributed by atoms with Gasteiger partial charge in [0.2, 0.25) is 11.8 Å². The molecule has 2 aromatic rings. The molecule has 0 spiro atoms. The van der Waals surface area contributed by atoms with E-state index in [0.717, 1.165) is 49.5 Å². The number of hydrogen-bond donors (Lipinski definition) is 1. The number of amides is 3. The molecular weight excluding hydrogens is 501 g/mol. The summed E-state index contributed by atoms with van der Waals surface area (Å²) in [7, 11) is 0. The topological polar surface area (TPSA) is 91.8 Å². The molecular formula is C27H27F3N4O4. The van der Waals surface area contributed by atoms with Crippen molar-refractivity contribution in [3.05, 3.63) is 58.9 Å². The minimum Gasteiger partial charge on any atom is -0.489 e. The molecule has 11 heteroatoms. The van der Waals surface area contributed by atoms with Gasteiger partial charge in [0.25, 0.3) is 5.91 Å². The van der Waals surface area contributed by atoms with Gasteiger partial charge in [-0.15, -0.1) is 0 Å². The number of carbonyl (C=O) groups excluding carboxylic acids is 3. The van der Waals surface area contributed by atoms with Gasteiger partial charge in [-0.05, 0) is 61.1 Å². The summed E-state index contributed by atoms with van der Waals surface area (Å²) in [4.78, 5) is 44.1. The predicted octanol–water partition coefficient (Wildman–Crippen LogP) is 3.26. The lowest BCUT2D eigenvalue weighted by Crippen LogP contribution is -2.54. The molecule has 4 aliphatic rings. The molecule has 6 rings (SSSR count). The zero-order valence-electron chi connectivity index (χ0n) is 20.5. The average molecular weight is 529 g/mol. The summed E-state index contributed by atoms with van der Waals surface area (Å²) in [5, 5.41) is 2.31. The molecule has 8 nitrogen and oxygen atoms in total. The number of likely N-dealkylation sites (tertiary alicyclic amines) is 1. The fourth-order valence-electron chi connectivity index (χ4n) is 6.07. The van der Waals surface area contributed by atoms with Gasteiger partial charge >= 0.3 is 6.18 Å². The van der Waals surface area contributed by atoms with Crippen LogP contribution >= 0.6 is 0 Å². The number of nitrogens with one attached hydrogen (secondary N) is 1. The number of nitrogens with zero attached hydrogens (tertiary/aromatic N) is 3. The van der Waals surface area contributed by atoms with Gasteiger partial charge in [0.05, 0.1) is 0 Å². The first-order chi connectivity index (χ1) is 18.2. The fraction of sp³-hybridized carbons (Fsp3) is 0.481. The molecule has 1 saturated carbocycles. The zero-order chi connectivity index (χ0) is 26.6. The second-order valence-electron chi connectivity index (χ2n) is 10.5. The lowest BCUT2D eigenvalue weighted by atomic mass is 9.90. The summed E-state index contributed by atoms with van der Waals surface area (Å²) in [6.45, 7) is 1.79. The van der Waals surface area contributed by atoms with Crippen LogP contribution in [0.5, 0.6) is 5.75 Å². The number of hydrogen-bond acceptors (Lipinski definition) is 6. The van der Waals surface area contributed by atoms with E-state index >= 15 is 0 Å². The van der Waals surface area contributed by atoms with Crippen molar-refractivity contribution in [3.8, 4) is 5.75 Å². The van der Waals surface area contributed by atoms with E-state index in [9.17, 15) is 27.6 Å². The van der Waals surface area contributed by atoms with E-state index in [1.54, 1.807) is 12.1 Å². The molecule has 4 heterocycles. The molecule has 0 radical (unpaired) electrons. The molecule has 1 unspecified atom stereocenters. The van der Waals surface area contributed by atoms with E-state index in [4.69, 9.17) is 4.74 Å². The first kappa shape index (κ1) is 24.8. The summed E-state index contributed by atoms with van der Waals surface area (Å²) >= 11 is 0. The molecule has 1 N–H and O–H groups in total. The number of rotatable bonds is 5. The first-order valence-electron chi connectivity index (χ1n) is 12.9. The number of imide groups is 1. The van der Waals surface area contributed by atoms with Crippen LogP contribution in [0, 0.1) is 0 Å². The molecule has 200 valence electrons. The Hall–Kier alpha value is -3.47. The van der Waals surface area contributed by atoms with E-state index in [0.29, 0.717) is 24.3 Å². The van der Waals surface area contributed by atoms with Gasteiger partial charge in [0, 0.05) is 49.8 Å². The van der Waals surface area contributed by atoms with Crippen LogP contribution in [-0.2, 0) is 22.3 Å². The number of aromatic nitrogens is 1. The molecule has 0 bridgehead atoms. The smallest absolute Gasteiger partial charge is 0.433 e. The number of pyridine rings is 1. The van der Waals surface area contributed by atoms with Crippen molar-refractivity contribution in [2.24, 2.45) is 0 Å². The average Bonchev–Trinajstić information content (AvgIpc) is 3.42. The number of ether oxygens (including phenoxy) is 1. The van der Waals surface area contributed by atoms with Crippen molar-refractivity contribution in [1.29, 1.82) is 0 Å². The van der Waals surface area contributed by atoms with Gasteiger partial charge in [-0.25, -0.2) is 0 Å². The number of benzene rings is 1. The lowest BCUT2D eigenvalue weighted by molar-refractivity contribution is -0.141. The van der Waals surface area contributed by atoms with Crippen LogP contribution in [0.1, 0.15) is 65.2 Å². The Labute approximate surface area is 217 Å². The van der Waals surface area contributed by atoms with Crippen molar-refractivity contribution < 1.29 is 32.3 Å². The van der Waals surface area contributed by atoms with Crippen molar-refractivity contribution >= 4 is 17.7 Å². The maximum atomic E-state index is 12.9. The summed E-state index contributed by atoms with van der Waals surface area (Å²) in [5.74, 6) is -0.156. The second-order valence-corrected chi connectivity index (χ2v) is 10.5. The van der Waals surface area contributed by atoms with Crippen molar-refractivity contribution in [1.82, 2.24) is 20.1 Å².